The normalized spacial score (nSPS) is 14.4. The van der Waals surface area contributed by atoms with Crippen LogP contribution in [-0.4, -0.2) is 21.2 Å². The van der Waals surface area contributed by atoms with Crippen molar-refractivity contribution < 1.29 is 5.11 Å². The summed E-state index contributed by atoms with van der Waals surface area (Å²) >= 11 is 0. The van der Waals surface area contributed by atoms with Crippen LogP contribution in [0.15, 0.2) is 12.5 Å². The second kappa shape index (κ2) is 4.11. The Labute approximate surface area is 84.8 Å². The minimum absolute atomic E-state index is 0.313. The van der Waals surface area contributed by atoms with E-state index in [2.05, 4.69) is 4.98 Å². The molecule has 0 aliphatic rings. The summed E-state index contributed by atoms with van der Waals surface area (Å²) in [6, 6.07) is 0. The predicted octanol–water partition coefficient (Wildman–Crippen LogP) is 0.921. The fourth-order valence-corrected chi connectivity index (χ4v) is 1.33. The molecule has 1 unspecified atom stereocenters. The van der Waals surface area contributed by atoms with Gasteiger partial charge in [-0.15, -0.1) is 0 Å². The van der Waals surface area contributed by atoms with Gasteiger partial charge in [0, 0.05) is 18.5 Å². The molecule has 0 aromatic carbocycles. The first-order chi connectivity index (χ1) is 6.53. The molecule has 0 saturated heterocycles. The Morgan fingerprint density at radius 2 is 2.29 bits per heavy atom. The molecule has 0 aliphatic heterocycles. The van der Waals surface area contributed by atoms with E-state index in [1.54, 1.807) is 12.5 Å². The quantitative estimate of drug-likeness (QED) is 0.754. The molecule has 0 radical (unpaired) electrons. The molecule has 1 aromatic rings. The second-order valence-electron chi connectivity index (χ2n) is 4.20. The highest BCUT2D eigenvalue weighted by atomic mass is 16.3. The summed E-state index contributed by atoms with van der Waals surface area (Å²) in [6.45, 7) is 7.18. The second-order valence-corrected chi connectivity index (χ2v) is 4.20. The molecule has 3 N–H and O–H groups in total. The Balaban J connectivity index is 2.94. The molecule has 0 amide bonds. The lowest BCUT2D eigenvalue weighted by molar-refractivity contribution is 0.0489. The van der Waals surface area contributed by atoms with E-state index in [0.29, 0.717) is 6.54 Å². The Kier molecular flexibility index (Phi) is 3.29. The number of imidazole rings is 1. The van der Waals surface area contributed by atoms with Crippen molar-refractivity contribution in [1.82, 2.24) is 9.55 Å². The SMILES string of the molecule is CCn1cncc1C(O)C(C)(C)CN. The van der Waals surface area contributed by atoms with Gasteiger partial charge in [0.25, 0.3) is 0 Å². The molecule has 14 heavy (non-hydrogen) atoms. The van der Waals surface area contributed by atoms with E-state index in [9.17, 15) is 5.11 Å². The van der Waals surface area contributed by atoms with Crippen LogP contribution in [0.2, 0.25) is 0 Å². The lowest BCUT2D eigenvalue weighted by atomic mass is 9.85. The Morgan fingerprint density at radius 1 is 1.64 bits per heavy atom. The summed E-state index contributed by atoms with van der Waals surface area (Å²) in [7, 11) is 0. The van der Waals surface area contributed by atoms with Crippen LogP contribution in [0.25, 0.3) is 0 Å². The molecule has 1 aromatic heterocycles. The number of nitrogens with two attached hydrogens (primary N) is 1. The monoisotopic (exact) mass is 197 g/mol. The molecule has 1 atom stereocenters. The van der Waals surface area contributed by atoms with Crippen molar-refractivity contribution >= 4 is 0 Å². The smallest absolute Gasteiger partial charge is 0.102 e. The predicted molar refractivity (Wildman–Crippen MR) is 55.7 cm³/mol. The first-order valence-electron chi connectivity index (χ1n) is 4.91. The van der Waals surface area contributed by atoms with E-state index >= 15 is 0 Å². The van der Waals surface area contributed by atoms with Gasteiger partial charge in [0.2, 0.25) is 0 Å². The molecule has 80 valence electrons. The molecule has 4 heteroatoms. The van der Waals surface area contributed by atoms with Crippen molar-refractivity contribution in [2.45, 2.75) is 33.4 Å². The molecular formula is C10H19N3O. The molecule has 1 rings (SSSR count). The molecule has 1 heterocycles. The third kappa shape index (κ3) is 1.96. The van der Waals surface area contributed by atoms with Gasteiger partial charge in [-0.3, -0.25) is 0 Å². The van der Waals surface area contributed by atoms with Gasteiger partial charge in [0.15, 0.2) is 0 Å². The fraction of sp³-hybridized carbons (Fsp3) is 0.700. The van der Waals surface area contributed by atoms with Crippen LogP contribution in [0.1, 0.15) is 32.6 Å². The zero-order chi connectivity index (χ0) is 10.8. The molecule has 0 fully saturated rings. The lowest BCUT2D eigenvalue weighted by Crippen LogP contribution is -2.31. The van der Waals surface area contributed by atoms with Crippen molar-refractivity contribution in [2.24, 2.45) is 11.1 Å². The van der Waals surface area contributed by atoms with Crippen molar-refractivity contribution in [1.29, 1.82) is 0 Å². The summed E-state index contributed by atoms with van der Waals surface area (Å²) < 4.78 is 1.93. The zero-order valence-electron chi connectivity index (χ0n) is 9.07. The Hall–Kier alpha value is -0.870. The number of hydrogen-bond donors (Lipinski definition) is 2. The summed E-state index contributed by atoms with van der Waals surface area (Å²) in [4.78, 5) is 4.02. The maximum atomic E-state index is 10.1. The first kappa shape index (κ1) is 11.2. The van der Waals surface area contributed by atoms with Gasteiger partial charge >= 0.3 is 0 Å². The maximum absolute atomic E-state index is 10.1. The van der Waals surface area contributed by atoms with Gasteiger partial charge in [-0.25, -0.2) is 4.98 Å². The molecule has 0 saturated carbocycles. The van der Waals surface area contributed by atoms with Crippen LogP contribution in [0.4, 0.5) is 0 Å². The average molecular weight is 197 g/mol. The number of aliphatic hydroxyl groups excluding tert-OH is 1. The highest BCUT2D eigenvalue weighted by Gasteiger charge is 2.29. The largest absolute Gasteiger partial charge is 0.386 e. The van der Waals surface area contributed by atoms with Crippen LogP contribution >= 0.6 is 0 Å². The highest BCUT2D eigenvalue weighted by molar-refractivity contribution is 5.06. The van der Waals surface area contributed by atoms with Gasteiger partial charge < -0.3 is 15.4 Å². The number of aryl methyl sites for hydroxylation is 1. The number of aromatic nitrogens is 2. The van der Waals surface area contributed by atoms with Crippen LogP contribution in [0, 0.1) is 5.41 Å². The van der Waals surface area contributed by atoms with Gasteiger partial charge in [-0.05, 0) is 6.92 Å². The van der Waals surface area contributed by atoms with Crippen LogP contribution in [-0.2, 0) is 6.54 Å². The van der Waals surface area contributed by atoms with E-state index in [-0.39, 0.29) is 5.41 Å². The number of nitrogens with zero attached hydrogens (tertiary/aromatic N) is 2. The molecule has 0 aliphatic carbocycles. The van der Waals surface area contributed by atoms with Gasteiger partial charge in [0.05, 0.1) is 18.2 Å². The number of rotatable bonds is 4. The summed E-state index contributed by atoms with van der Waals surface area (Å²) in [5, 5.41) is 10.1. The van der Waals surface area contributed by atoms with Crippen molar-refractivity contribution in [3.05, 3.63) is 18.2 Å². The Bertz CT molecular complexity index is 293. The van der Waals surface area contributed by atoms with E-state index in [4.69, 9.17) is 5.73 Å². The van der Waals surface area contributed by atoms with Crippen molar-refractivity contribution in [3.8, 4) is 0 Å². The summed E-state index contributed by atoms with van der Waals surface area (Å²) in [6.07, 6.45) is 2.87. The van der Waals surface area contributed by atoms with Gasteiger partial charge in [-0.1, -0.05) is 13.8 Å². The topological polar surface area (TPSA) is 64.1 Å². The average Bonchev–Trinajstić information content (AvgIpc) is 2.64. The first-order valence-corrected chi connectivity index (χ1v) is 4.91. The van der Waals surface area contributed by atoms with Gasteiger partial charge in [-0.2, -0.15) is 0 Å². The summed E-state index contributed by atoms with van der Waals surface area (Å²) in [5.41, 5.74) is 6.14. The number of aliphatic hydroxyl groups is 1. The zero-order valence-corrected chi connectivity index (χ0v) is 9.07. The minimum atomic E-state index is -0.560. The summed E-state index contributed by atoms with van der Waals surface area (Å²) in [5.74, 6) is 0. The third-order valence-corrected chi connectivity index (χ3v) is 2.63. The van der Waals surface area contributed by atoms with Crippen molar-refractivity contribution in [3.63, 3.8) is 0 Å². The fourth-order valence-electron chi connectivity index (χ4n) is 1.33. The number of hydrogen-bond acceptors (Lipinski definition) is 3. The van der Waals surface area contributed by atoms with Crippen molar-refractivity contribution in [2.75, 3.05) is 6.54 Å². The van der Waals surface area contributed by atoms with Crippen LogP contribution < -0.4 is 5.73 Å². The lowest BCUT2D eigenvalue weighted by Gasteiger charge is -2.29. The minimum Gasteiger partial charge on any atom is -0.386 e. The third-order valence-electron chi connectivity index (χ3n) is 2.63. The van der Waals surface area contributed by atoms with Crippen LogP contribution in [0.3, 0.4) is 0 Å². The molecule has 4 nitrogen and oxygen atoms in total. The maximum Gasteiger partial charge on any atom is 0.102 e. The highest BCUT2D eigenvalue weighted by Crippen LogP contribution is 2.31. The molecular weight excluding hydrogens is 178 g/mol. The van der Waals surface area contributed by atoms with E-state index in [1.807, 2.05) is 25.3 Å². The van der Waals surface area contributed by atoms with Crippen LogP contribution in [0.5, 0.6) is 0 Å². The molecule has 0 bridgehead atoms. The van der Waals surface area contributed by atoms with Gasteiger partial charge in [0.1, 0.15) is 6.10 Å². The van der Waals surface area contributed by atoms with E-state index in [0.717, 1.165) is 12.2 Å². The van der Waals surface area contributed by atoms with E-state index in [1.165, 1.54) is 0 Å². The van der Waals surface area contributed by atoms with E-state index < -0.39 is 6.10 Å². The standard InChI is InChI=1S/C10H19N3O/c1-4-13-7-12-5-8(13)9(14)10(2,3)6-11/h5,7,9,14H,4,6,11H2,1-3H3. The Morgan fingerprint density at radius 3 is 2.79 bits per heavy atom. The molecule has 0 spiro atoms.